The standard InChI is InChI=1S/C13H28.C8H16O.C7H8O2.C6H10/c1-5-9-13(7-3)11-8-10-12(4)6-2;1-7(2)5-4-6-8(3)9;1-9-7-4-2-6(8)3-5-7;1-2-6-4-3-5-6/h12-13H,5-11H2,1-4H3;7H,4-6H2,1-3H3;2-5,8H,1H3;2H,3-5H2,1H3. The number of benzene rings is 1. The zero-order valence-corrected chi connectivity index (χ0v) is 26.1. The van der Waals surface area contributed by atoms with E-state index in [0.717, 1.165) is 36.3 Å². The fourth-order valence-corrected chi connectivity index (χ4v) is 3.93. The van der Waals surface area contributed by atoms with Gasteiger partial charge in [0.25, 0.3) is 0 Å². The molecule has 1 N–H and O–H groups in total. The van der Waals surface area contributed by atoms with Crippen LogP contribution >= 0.6 is 0 Å². The molecule has 1 aromatic carbocycles. The Kier molecular flexibility index (Phi) is 26.1. The molecule has 0 aliphatic heterocycles. The number of carbonyl (C=O) groups excluding carboxylic acids is 1. The minimum absolute atomic E-state index is 0.260. The molecule has 37 heavy (non-hydrogen) atoms. The van der Waals surface area contributed by atoms with Gasteiger partial charge in [0.2, 0.25) is 0 Å². The SMILES string of the molecule is CC(=O)CCCC(C)C.CC=C1CCC1.CCCC(CC)CCCC(C)CC.COc1ccc(O)cc1. The second kappa shape index (κ2) is 25.9. The summed E-state index contributed by atoms with van der Waals surface area (Å²) in [5.74, 6) is 4.02. The number of carbonyl (C=O) groups is 1. The van der Waals surface area contributed by atoms with Gasteiger partial charge in [0.1, 0.15) is 17.3 Å². The predicted octanol–water partition coefficient (Wildman–Crippen LogP) is 10.9. The van der Waals surface area contributed by atoms with Gasteiger partial charge in [0.05, 0.1) is 7.11 Å². The van der Waals surface area contributed by atoms with Crippen LogP contribution in [0.2, 0.25) is 0 Å². The highest BCUT2D eigenvalue weighted by Crippen LogP contribution is 2.24. The molecule has 1 aliphatic carbocycles. The number of allylic oxidation sites excluding steroid dienone is 2. The first-order valence-electron chi connectivity index (χ1n) is 15.1. The number of rotatable bonds is 13. The highest BCUT2D eigenvalue weighted by atomic mass is 16.5. The molecule has 1 fully saturated rings. The maximum Gasteiger partial charge on any atom is 0.129 e. The van der Waals surface area contributed by atoms with Gasteiger partial charge in [0, 0.05) is 6.42 Å². The topological polar surface area (TPSA) is 46.5 Å². The van der Waals surface area contributed by atoms with Crippen LogP contribution in [0.1, 0.15) is 139 Å². The molecule has 0 saturated heterocycles. The lowest BCUT2D eigenvalue weighted by molar-refractivity contribution is -0.117. The Labute approximate surface area is 231 Å². The largest absolute Gasteiger partial charge is 0.508 e. The summed E-state index contributed by atoms with van der Waals surface area (Å²) >= 11 is 0. The van der Waals surface area contributed by atoms with E-state index in [1.165, 1.54) is 70.6 Å². The van der Waals surface area contributed by atoms with Gasteiger partial charge in [-0.3, -0.25) is 0 Å². The fraction of sp³-hybridized carbons (Fsp3) is 0.735. The number of hydrogen-bond donors (Lipinski definition) is 1. The molecule has 0 spiro atoms. The van der Waals surface area contributed by atoms with Crippen molar-refractivity contribution in [3.63, 3.8) is 0 Å². The van der Waals surface area contributed by atoms with Crippen LogP contribution in [0, 0.1) is 17.8 Å². The van der Waals surface area contributed by atoms with E-state index in [2.05, 4.69) is 54.5 Å². The second-order valence-corrected chi connectivity index (χ2v) is 11.0. The number of ketones is 1. The number of ether oxygens (including phenoxy) is 1. The normalized spacial score (nSPS) is 13.4. The Morgan fingerprint density at radius 1 is 0.946 bits per heavy atom. The van der Waals surface area contributed by atoms with Gasteiger partial charge in [-0.2, -0.15) is 0 Å². The molecule has 3 heteroatoms. The molecule has 0 amide bonds. The first-order chi connectivity index (χ1) is 17.6. The minimum Gasteiger partial charge on any atom is -0.508 e. The van der Waals surface area contributed by atoms with Gasteiger partial charge < -0.3 is 14.6 Å². The predicted molar refractivity (Wildman–Crippen MR) is 164 cm³/mol. The summed E-state index contributed by atoms with van der Waals surface area (Å²) in [4.78, 5) is 10.4. The Morgan fingerprint density at radius 3 is 1.92 bits per heavy atom. The van der Waals surface area contributed by atoms with Crippen molar-refractivity contribution in [2.45, 2.75) is 139 Å². The number of hydrogen-bond acceptors (Lipinski definition) is 3. The summed E-state index contributed by atoms with van der Waals surface area (Å²) < 4.78 is 4.86. The summed E-state index contributed by atoms with van der Waals surface area (Å²) in [5.41, 5.74) is 1.65. The van der Waals surface area contributed by atoms with Crippen LogP contribution in [-0.4, -0.2) is 18.0 Å². The highest BCUT2D eigenvalue weighted by Gasteiger charge is 2.06. The molecule has 0 bridgehead atoms. The minimum atomic E-state index is 0.260. The van der Waals surface area contributed by atoms with Crippen LogP contribution in [0.4, 0.5) is 0 Å². The maximum atomic E-state index is 10.4. The van der Waals surface area contributed by atoms with Crippen molar-refractivity contribution >= 4 is 5.78 Å². The molecule has 1 saturated carbocycles. The van der Waals surface area contributed by atoms with Gasteiger partial charge >= 0.3 is 0 Å². The van der Waals surface area contributed by atoms with E-state index in [9.17, 15) is 4.79 Å². The third kappa shape index (κ3) is 25.7. The number of Topliss-reactive ketones (excluding diaryl/α,β-unsaturated/α-hetero) is 1. The lowest BCUT2D eigenvalue weighted by Crippen LogP contribution is -2.00. The van der Waals surface area contributed by atoms with Crippen molar-refractivity contribution in [2.75, 3.05) is 7.11 Å². The van der Waals surface area contributed by atoms with Crippen molar-refractivity contribution in [3.8, 4) is 11.5 Å². The first-order valence-corrected chi connectivity index (χ1v) is 15.1. The molecular formula is C34H62O3. The third-order valence-electron chi connectivity index (χ3n) is 7.07. The number of phenolic OH excluding ortho intramolecular Hbond substituents is 1. The van der Waals surface area contributed by atoms with Crippen molar-refractivity contribution < 1.29 is 14.6 Å². The zero-order chi connectivity index (χ0) is 28.5. The molecule has 0 radical (unpaired) electrons. The molecule has 2 atom stereocenters. The molecule has 2 unspecified atom stereocenters. The molecule has 0 aromatic heterocycles. The van der Waals surface area contributed by atoms with E-state index in [-0.39, 0.29) is 5.75 Å². The zero-order valence-electron chi connectivity index (χ0n) is 26.1. The van der Waals surface area contributed by atoms with Crippen molar-refractivity contribution in [1.82, 2.24) is 0 Å². The van der Waals surface area contributed by atoms with Crippen molar-refractivity contribution in [2.24, 2.45) is 17.8 Å². The van der Waals surface area contributed by atoms with Gasteiger partial charge in [-0.25, -0.2) is 0 Å². The van der Waals surface area contributed by atoms with E-state index < -0.39 is 0 Å². The van der Waals surface area contributed by atoms with Crippen LogP contribution < -0.4 is 4.74 Å². The summed E-state index contributed by atoms with van der Waals surface area (Å²) in [5, 5.41) is 8.80. The lowest BCUT2D eigenvalue weighted by Gasteiger charge is -2.14. The molecule has 1 aliphatic rings. The third-order valence-corrected chi connectivity index (χ3v) is 7.07. The van der Waals surface area contributed by atoms with E-state index >= 15 is 0 Å². The van der Waals surface area contributed by atoms with E-state index in [1.54, 1.807) is 43.9 Å². The van der Waals surface area contributed by atoms with E-state index in [1.807, 2.05) is 0 Å². The van der Waals surface area contributed by atoms with Crippen LogP contribution in [-0.2, 0) is 4.79 Å². The maximum absolute atomic E-state index is 10.4. The van der Waals surface area contributed by atoms with Crippen LogP contribution in [0.15, 0.2) is 35.9 Å². The van der Waals surface area contributed by atoms with Crippen LogP contribution in [0.25, 0.3) is 0 Å². The number of phenols is 1. The lowest BCUT2D eigenvalue weighted by atomic mass is 9.92. The molecule has 2 rings (SSSR count). The molecule has 0 heterocycles. The van der Waals surface area contributed by atoms with Gasteiger partial charge in [0.15, 0.2) is 0 Å². The van der Waals surface area contributed by atoms with Crippen LogP contribution in [0.5, 0.6) is 11.5 Å². The molecular weight excluding hydrogens is 456 g/mol. The highest BCUT2D eigenvalue weighted by molar-refractivity contribution is 5.75. The Bertz CT molecular complexity index is 654. The second-order valence-electron chi connectivity index (χ2n) is 11.0. The van der Waals surface area contributed by atoms with Crippen molar-refractivity contribution in [3.05, 3.63) is 35.9 Å². The van der Waals surface area contributed by atoms with E-state index in [0.29, 0.717) is 5.78 Å². The molecule has 1 aromatic rings. The van der Waals surface area contributed by atoms with Crippen LogP contribution in [0.3, 0.4) is 0 Å². The average Bonchev–Trinajstić information content (AvgIpc) is 2.84. The summed E-state index contributed by atoms with van der Waals surface area (Å²) in [7, 11) is 1.59. The number of methoxy groups -OCH3 is 1. The monoisotopic (exact) mass is 518 g/mol. The smallest absolute Gasteiger partial charge is 0.129 e. The molecule has 216 valence electrons. The number of aromatic hydroxyl groups is 1. The van der Waals surface area contributed by atoms with E-state index in [4.69, 9.17) is 9.84 Å². The average molecular weight is 519 g/mol. The summed E-state index contributed by atoms with van der Waals surface area (Å²) in [6.45, 7) is 17.4. The fourth-order valence-electron chi connectivity index (χ4n) is 3.93. The quantitative estimate of drug-likeness (QED) is 0.264. The van der Waals surface area contributed by atoms with Gasteiger partial charge in [-0.15, -0.1) is 0 Å². The molecule has 3 nitrogen and oxygen atoms in total. The Hall–Kier alpha value is -1.77. The summed E-state index contributed by atoms with van der Waals surface area (Å²) in [6.07, 6.45) is 19.3. The van der Waals surface area contributed by atoms with Crippen molar-refractivity contribution in [1.29, 1.82) is 0 Å². The first kappa shape index (κ1) is 37.4. The van der Waals surface area contributed by atoms with Gasteiger partial charge in [-0.05, 0) is 81.5 Å². The Morgan fingerprint density at radius 2 is 1.57 bits per heavy atom. The Balaban J connectivity index is 0. The van der Waals surface area contributed by atoms with Gasteiger partial charge in [-0.1, -0.05) is 105 Å². The summed E-state index contributed by atoms with van der Waals surface area (Å²) in [6, 6.07) is 6.57.